The largest absolute Gasteiger partial charge is 0.392 e. The SMILES string of the molecule is C[C@H](O)CNc1nc2ccccc2nc1N1CCCC1. The average Bonchev–Trinajstić information content (AvgIpc) is 2.98. The Balaban J connectivity index is 2.00. The molecule has 0 radical (unpaired) electrons. The zero-order chi connectivity index (χ0) is 13.9. The number of aliphatic hydroxyl groups excluding tert-OH is 1. The highest BCUT2D eigenvalue weighted by molar-refractivity contribution is 5.80. The van der Waals surface area contributed by atoms with E-state index in [1.165, 1.54) is 12.8 Å². The van der Waals surface area contributed by atoms with Gasteiger partial charge in [0.2, 0.25) is 0 Å². The Hall–Kier alpha value is -1.88. The van der Waals surface area contributed by atoms with Gasteiger partial charge < -0.3 is 15.3 Å². The van der Waals surface area contributed by atoms with E-state index in [0.29, 0.717) is 6.54 Å². The third-order valence-corrected chi connectivity index (χ3v) is 3.52. The van der Waals surface area contributed by atoms with Crippen molar-refractivity contribution in [3.05, 3.63) is 24.3 Å². The summed E-state index contributed by atoms with van der Waals surface area (Å²) in [5.74, 6) is 1.67. The summed E-state index contributed by atoms with van der Waals surface area (Å²) in [4.78, 5) is 11.7. The van der Waals surface area contributed by atoms with Crippen LogP contribution in [0.2, 0.25) is 0 Å². The standard InChI is InChI=1S/C15H20N4O/c1-11(20)10-16-14-15(19-8-4-5-9-19)18-13-7-3-2-6-12(13)17-14/h2-3,6-7,11,20H,4-5,8-10H2,1H3,(H,16,17)/t11-/m0/s1. The Morgan fingerprint density at radius 3 is 2.50 bits per heavy atom. The predicted molar refractivity (Wildman–Crippen MR) is 81.2 cm³/mol. The molecule has 2 heterocycles. The first kappa shape index (κ1) is 13.1. The molecule has 1 aromatic carbocycles. The number of aromatic nitrogens is 2. The zero-order valence-corrected chi connectivity index (χ0v) is 11.7. The van der Waals surface area contributed by atoms with Gasteiger partial charge in [0, 0.05) is 19.6 Å². The maximum Gasteiger partial charge on any atom is 0.172 e. The number of nitrogens with one attached hydrogen (secondary N) is 1. The molecule has 1 aliphatic heterocycles. The first-order chi connectivity index (χ1) is 9.74. The molecule has 0 spiro atoms. The summed E-state index contributed by atoms with van der Waals surface area (Å²) in [6.45, 7) is 4.29. The summed E-state index contributed by atoms with van der Waals surface area (Å²) in [5.41, 5.74) is 1.79. The topological polar surface area (TPSA) is 61.3 Å². The third kappa shape index (κ3) is 2.67. The van der Waals surface area contributed by atoms with Gasteiger partial charge in [-0.25, -0.2) is 9.97 Å². The van der Waals surface area contributed by atoms with Gasteiger partial charge in [0.05, 0.1) is 17.1 Å². The maximum absolute atomic E-state index is 9.46. The smallest absolute Gasteiger partial charge is 0.172 e. The van der Waals surface area contributed by atoms with E-state index in [4.69, 9.17) is 4.98 Å². The van der Waals surface area contributed by atoms with Crippen LogP contribution in [0.3, 0.4) is 0 Å². The number of aliphatic hydroxyl groups is 1. The fourth-order valence-corrected chi connectivity index (χ4v) is 2.50. The van der Waals surface area contributed by atoms with Crippen molar-refractivity contribution in [1.82, 2.24) is 9.97 Å². The predicted octanol–water partition coefficient (Wildman–Crippen LogP) is 2.02. The van der Waals surface area contributed by atoms with E-state index in [1.807, 2.05) is 24.3 Å². The molecule has 0 aliphatic carbocycles. The van der Waals surface area contributed by atoms with Crippen LogP contribution in [-0.2, 0) is 0 Å². The van der Waals surface area contributed by atoms with Gasteiger partial charge in [0.15, 0.2) is 11.6 Å². The number of benzene rings is 1. The molecule has 0 saturated carbocycles. The molecular formula is C15H20N4O. The molecule has 2 N–H and O–H groups in total. The average molecular weight is 272 g/mol. The van der Waals surface area contributed by atoms with Gasteiger partial charge >= 0.3 is 0 Å². The Bertz CT molecular complexity index is 593. The molecule has 5 heteroatoms. The molecule has 1 aromatic heterocycles. The van der Waals surface area contributed by atoms with Gasteiger partial charge in [-0.05, 0) is 31.9 Å². The van der Waals surface area contributed by atoms with Gasteiger partial charge in [0.25, 0.3) is 0 Å². The van der Waals surface area contributed by atoms with Crippen LogP contribution >= 0.6 is 0 Å². The maximum atomic E-state index is 9.46. The molecule has 0 unspecified atom stereocenters. The van der Waals surface area contributed by atoms with Gasteiger partial charge in [0.1, 0.15) is 0 Å². The zero-order valence-electron chi connectivity index (χ0n) is 11.7. The van der Waals surface area contributed by atoms with Gasteiger partial charge in [-0.3, -0.25) is 0 Å². The van der Waals surface area contributed by atoms with E-state index in [1.54, 1.807) is 6.92 Å². The number of para-hydroxylation sites is 2. The second kappa shape index (κ2) is 5.63. The molecule has 2 aromatic rings. The van der Waals surface area contributed by atoms with Crippen LogP contribution in [0.5, 0.6) is 0 Å². The summed E-state index contributed by atoms with van der Waals surface area (Å²) in [6, 6.07) is 7.89. The fraction of sp³-hybridized carbons (Fsp3) is 0.467. The molecule has 5 nitrogen and oxygen atoms in total. The van der Waals surface area contributed by atoms with Gasteiger partial charge in [-0.2, -0.15) is 0 Å². The molecule has 1 saturated heterocycles. The lowest BCUT2D eigenvalue weighted by atomic mass is 10.3. The summed E-state index contributed by atoms with van der Waals surface area (Å²) in [5, 5.41) is 12.7. The fourth-order valence-electron chi connectivity index (χ4n) is 2.50. The quantitative estimate of drug-likeness (QED) is 0.891. The van der Waals surface area contributed by atoms with E-state index in [9.17, 15) is 5.11 Å². The van der Waals surface area contributed by atoms with E-state index < -0.39 is 6.10 Å². The Labute approximate surface area is 118 Å². The molecule has 1 atom stereocenters. The van der Waals surface area contributed by atoms with E-state index in [2.05, 4.69) is 15.2 Å². The second-order valence-electron chi connectivity index (χ2n) is 5.31. The first-order valence-electron chi connectivity index (χ1n) is 7.18. The van der Waals surface area contributed by atoms with Crippen molar-refractivity contribution in [2.45, 2.75) is 25.9 Å². The highest BCUT2D eigenvalue weighted by atomic mass is 16.3. The molecule has 3 rings (SSSR count). The first-order valence-corrected chi connectivity index (χ1v) is 7.18. The van der Waals surface area contributed by atoms with Crippen LogP contribution in [0, 0.1) is 0 Å². The molecular weight excluding hydrogens is 252 g/mol. The number of anilines is 2. The molecule has 1 fully saturated rings. The molecule has 0 bridgehead atoms. The minimum Gasteiger partial charge on any atom is -0.392 e. The Morgan fingerprint density at radius 1 is 1.20 bits per heavy atom. The normalized spacial score (nSPS) is 16.6. The minimum absolute atomic E-state index is 0.408. The van der Waals surface area contributed by atoms with Crippen molar-refractivity contribution in [3.8, 4) is 0 Å². The van der Waals surface area contributed by atoms with Crippen molar-refractivity contribution in [1.29, 1.82) is 0 Å². The highest BCUT2D eigenvalue weighted by Gasteiger charge is 2.19. The van der Waals surface area contributed by atoms with E-state index >= 15 is 0 Å². The second-order valence-corrected chi connectivity index (χ2v) is 5.31. The van der Waals surface area contributed by atoms with Crippen LogP contribution in [0.15, 0.2) is 24.3 Å². The highest BCUT2D eigenvalue weighted by Crippen LogP contribution is 2.27. The number of rotatable bonds is 4. The number of hydrogen-bond acceptors (Lipinski definition) is 5. The van der Waals surface area contributed by atoms with Gasteiger partial charge in [-0.15, -0.1) is 0 Å². The number of fused-ring (bicyclic) bond motifs is 1. The van der Waals surface area contributed by atoms with Crippen LogP contribution in [0.25, 0.3) is 11.0 Å². The van der Waals surface area contributed by atoms with Crippen molar-refractivity contribution in [3.63, 3.8) is 0 Å². The lowest BCUT2D eigenvalue weighted by Gasteiger charge is -2.21. The van der Waals surface area contributed by atoms with E-state index in [0.717, 1.165) is 35.8 Å². The van der Waals surface area contributed by atoms with Crippen LogP contribution in [0.4, 0.5) is 11.6 Å². The van der Waals surface area contributed by atoms with Crippen LogP contribution in [-0.4, -0.2) is 40.8 Å². The van der Waals surface area contributed by atoms with Crippen LogP contribution in [0.1, 0.15) is 19.8 Å². The number of nitrogens with zero attached hydrogens (tertiary/aromatic N) is 3. The number of hydrogen-bond donors (Lipinski definition) is 2. The Morgan fingerprint density at radius 2 is 1.85 bits per heavy atom. The molecule has 0 amide bonds. The molecule has 1 aliphatic rings. The van der Waals surface area contributed by atoms with Crippen molar-refractivity contribution in [2.75, 3.05) is 29.9 Å². The van der Waals surface area contributed by atoms with Crippen molar-refractivity contribution >= 4 is 22.7 Å². The summed E-state index contributed by atoms with van der Waals surface area (Å²) in [6.07, 6.45) is 1.99. The third-order valence-electron chi connectivity index (χ3n) is 3.52. The Kier molecular flexibility index (Phi) is 3.69. The lowest BCUT2D eigenvalue weighted by Crippen LogP contribution is -2.23. The molecule has 106 valence electrons. The summed E-state index contributed by atoms with van der Waals surface area (Å²) in [7, 11) is 0. The summed E-state index contributed by atoms with van der Waals surface area (Å²) >= 11 is 0. The molecule has 20 heavy (non-hydrogen) atoms. The lowest BCUT2D eigenvalue weighted by molar-refractivity contribution is 0.208. The summed E-state index contributed by atoms with van der Waals surface area (Å²) < 4.78 is 0. The van der Waals surface area contributed by atoms with Crippen molar-refractivity contribution < 1.29 is 5.11 Å². The van der Waals surface area contributed by atoms with Gasteiger partial charge in [-0.1, -0.05) is 12.1 Å². The van der Waals surface area contributed by atoms with E-state index in [-0.39, 0.29) is 0 Å². The monoisotopic (exact) mass is 272 g/mol. The van der Waals surface area contributed by atoms with Crippen LogP contribution < -0.4 is 10.2 Å². The minimum atomic E-state index is -0.408. The van der Waals surface area contributed by atoms with Crippen molar-refractivity contribution in [2.24, 2.45) is 0 Å².